The van der Waals surface area contributed by atoms with E-state index in [1.807, 2.05) is 0 Å². The molecule has 4 heteroatoms. The number of amides is 1. The van der Waals surface area contributed by atoms with Crippen LogP contribution in [0.15, 0.2) is 0 Å². The Morgan fingerprint density at radius 3 is 2.75 bits per heavy atom. The summed E-state index contributed by atoms with van der Waals surface area (Å²) in [6.07, 6.45) is 6.51. The number of nitrogens with zero attached hydrogens (tertiary/aromatic N) is 1. The highest BCUT2D eigenvalue weighted by atomic mass is 16.3. The highest BCUT2D eigenvalue weighted by Crippen LogP contribution is 2.32. The number of hydrogen-bond donors (Lipinski definition) is 2. The van der Waals surface area contributed by atoms with E-state index < -0.39 is 5.60 Å². The molecule has 0 spiro atoms. The fraction of sp³-hybridized carbons (Fsp3) is 0.938. The Balaban J connectivity index is 1.69. The van der Waals surface area contributed by atoms with E-state index in [1.165, 1.54) is 12.8 Å². The molecule has 116 valence electrons. The van der Waals surface area contributed by atoms with E-state index in [2.05, 4.69) is 24.1 Å². The average molecular weight is 282 g/mol. The van der Waals surface area contributed by atoms with Crippen LogP contribution in [0.5, 0.6) is 0 Å². The molecule has 0 radical (unpaired) electrons. The van der Waals surface area contributed by atoms with Crippen LogP contribution >= 0.6 is 0 Å². The lowest BCUT2D eigenvalue weighted by Gasteiger charge is -2.35. The molecule has 1 amide bonds. The molecule has 1 aliphatic carbocycles. The minimum Gasteiger partial charge on any atom is -0.389 e. The van der Waals surface area contributed by atoms with E-state index in [9.17, 15) is 9.90 Å². The maximum Gasteiger partial charge on any atom is 0.222 e. The summed E-state index contributed by atoms with van der Waals surface area (Å²) in [5.41, 5.74) is -0.729. The van der Waals surface area contributed by atoms with Crippen molar-refractivity contribution in [2.45, 2.75) is 70.4 Å². The van der Waals surface area contributed by atoms with Crippen molar-refractivity contribution in [1.82, 2.24) is 10.2 Å². The van der Waals surface area contributed by atoms with Gasteiger partial charge in [-0.15, -0.1) is 0 Å². The van der Waals surface area contributed by atoms with Crippen LogP contribution in [0.1, 0.15) is 58.8 Å². The number of rotatable bonds is 5. The minimum absolute atomic E-state index is 0.00584. The van der Waals surface area contributed by atoms with Gasteiger partial charge in [-0.05, 0) is 45.1 Å². The number of carbonyl (C=O) groups excluding carboxylic acids is 1. The van der Waals surface area contributed by atoms with Crippen LogP contribution in [0, 0.1) is 5.92 Å². The maximum absolute atomic E-state index is 12.0. The molecule has 0 aromatic heterocycles. The van der Waals surface area contributed by atoms with E-state index >= 15 is 0 Å². The van der Waals surface area contributed by atoms with Gasteiger partial charge in [0.25, 0.3) is 0 Å². The normalized spacial score (nSPS) is 28.2. The van der Waals surface area contributed by atoms with E-state index in [4.69, 9.17) is 0 Å². The molecule has 4 nitrogen and oxygen atoms in total. The standard InChI is InChI=1S/C16H30N2O2/c1-13-6-5-9-18(12-13)14(2)11-17-15(19)10-16(20)7-3-4-8-16/h13-14,20H,3-12H2,1-2H3,(H,17,19). The van der Waals surface area contributed by atoms with Crippen LogP contribution in [0.2, 0.25) is 0 Å². The molecule has 20 heavy (non-hydrogen) atoms. The third-order valence-electron chi connectivity index (χ3n) is 4.93. The molecule has 0 aromatic carbocycles. The molecule has 2 aliphatic rings. The predicted molar refractivity (Wildman–Crippen MR) is 80.5 cm³/mol. The predicted octanol–water partition coefficient (Wildman–Crippen LogP) is 1.92. The van der Waals surface area contributed by atoms with Gasteiger partial charge in [-0.2, -0.15) is 0 Å². The Kier molecular flexibility index (Phi) is 5.44. The van der Waals surface area contributed by atoms with Crippen LogP contribution in [-0.2, 0) is 4.79 Å². The summed E-state index contributed by atoms with van der Waals surface area (Å²) in [7, 11) is 0. The molecular formula is C16H30N2O2. The summed E-state index contributed by atoms with van der Waals surface area (Å²) in [6.45, 7) is 7.46. The SMILES string of the molecule is CC1CCCN(C(C)CNC(=O)CC2(O)CCCC2)C1. The second-order valence-corrected chi connectivity index (χ2v) is 7.00. The van der Waals surface area contributed by atoms with Crippen molar-refractivity contribution >= 4 is 5.91 Å². The summed E-state index contributed by atoms with van der Waals surface area (Å²) in [5.74, 6) is 0.771. The van der Waals surface area contributed by atoms with Crippen LogP contribution < -0.4 is 5.32 Å². The van der Waals surface area contributed by atoms with Crippen molar-refractivity contribution in [2.24, 2.45) is 5.92 Å². The summed E-state index contributed by atoms with van der Waals surface area (Å²) in [6, 6.07) is 0.389. The van der Waals surface area contributed by atoms with E-state index in [0.29, 0.717) is 12.6 Å². The lowest BCUT2D eigenvalue weighted by atomic mass is 9.97. The van der Waals surface area contributed by atoms with Gasteiger partial charge in [0.2, 0.25) is 5.91 Å². The molecule has 1 heterocycles. The van der Waals surface area contributed by atoms with Gasteiger partial charge >= 0.3 is 0 Å². The third kappa shape index (κ3) is 4.45. The lowest BCUT2D eigenvalue weighted by molar-refractivity contribution is -0.126. The highest BCUT2D eigenvalue weighted by Gasteiger charge is 2.33. The lowest BCUT2D eigenvalue weighted by Crippen LogP contribution is -2.47. The van der Waals surface area contributed by atoms with Gasteiger partial charge < -0.3 is 10.4 Å². The molecule has 0 aromatic rings. The average Bonchev–Trinajstić information content (AvgIpc) is 2.82. The molecule has 2 rings (SSSR count). The van der Waals surface area contributed by atoms with Crippen molar-refractivity contribution in [3.05, 3.63) is 0 Å². The molecule has 0 bridgehead atoms. The Morgan fingerprint density at radius 1 is 1.40 bits per heavy atom. The van der Waals surface area contributed by atoms with Crippen LogP contribution in [-0.4, -0.2) is 47.2 Å². The van der Waals surface area contributed by atoms with Gasteiger partial charge in [-0.25, -0.2) is 0 Å². The van der Waals surface area contributed by atoms with Gasteiger partial charge in [-0.3, -0.25) is 9.69 Å². The molecule has 2 fully saturated rings. The minimum atomic E-state index is -0.729. The van der Waals surface area contributed by atoms with Crippen LogP contribution in [0.3, 0.4) is 0 Å². The van der Waals surface area contributed by atoms with E-state index in [1.54, 1.807) is 0 Å². The molecular weight excluding hydrogens is 252 g/mol. The van der Waals surface area contributed by atoms with Crippen molar-refractivity contribution in [3.63, 3.8) is 0 Å². The molecule has 1 saturated heterocycles. The van der Waals surface area contributed by atoms with Crippen molar-refractivity contribution in [1.29, 1.82) is 0 Å². The van der Waals surface area contributed by atoms with Gasteiger partial charge in [0.05, 0.1) is 12.0 Å². The van der Waals surface area contributed by atoms with Gasteiger partial charge in [0.15, 0.2) is 0 Å². The Morgan fingerprint density at radius 2 is 2.10 bits per heavy atom. The zero-order valence-corrected chi connectivity index (χ0v) is 13.0. The zero-order valence-electron chi connectivity index (χ0n) is 13.0. The molecule has 1 saturated carbocycles. The Labute approximate surface area is 122 Å². The van der Waals surface area contributed by atoms with Gasteiger partial charge in [0, 0.05) is 19.1 Å². The molecule has 2 unspecified atom stereocenters. The van der Waals surface area contributed by atoms with Crippen molar-refractivity contribution < 1.29 is 9.90 Å². The molecule has 1 aliphatic heterocycles. The first kappa shape index (κ1) is 15.8. The number of carbonyl (C=O) groups is 1. The summed E-state index contributed by atoms with van der Waals surface area (Å²) in [5, 5.41) is 13.2. The Bertz CT molecular complexity index is 326. The number of nitrogens with one attached hydrogen (secondary N) is 1. The maximum atomic E-state index is 12.0. The fourth-order valence-electron chi connectivity index (χ4n) is 3.59. The summed E-state index contributed by atoms with van der Waals surface area (Å²) >= 11 is 0. The first-order chi connectivity index (χ1) is 9.48. The summed E-state index contributed by atoms with van der Waals surface area (Å²) < 4.78 is 0. The van der Waals surface area contributed by atoms with Crippen LogP contribution in [0.4, 0.5) is 0 Å². The quantitative estimate of drug-likeness (QED) is 0.810. The zero-order chi connectivity index (χ0) is 14.6. The van der Waals surface area contributed by atoms with Gasteiger partial charge in [-0.1, -0.05) is 19.8 Å². The number of piperidine rings is 1. The van der Waals surface area contributed by atoms with E-state index in [0.717, 1.165) is 44.7 Å². The second-order valence-electron chi connectivity index (χ2n) is 7.00. The third-order valence-corrected chi connectivity index (χ3v) is 4.93. The van der Waals surface area contributed by atoms with E-state index in [-0.39, 0.29) is 12.3 Å². The summed E-state index contributed by atoms with van der Waals surface area (Å²) in [4.78, 5) is 14.4. The van der Waals surface area contributed by atoms with Crippen molar-refractivity contribution in [2.75, 3.05) is 19.6 Å². The number of likely N-dealkylation sites (tertiary alicyclic amines) is 1. The molecule has 2 atom stereocenters. The Hall–Kier alpha value is -0.610. The largest absolute Gasteiger partial charge is 0.389 e. The molecule has 2 N–H and O–H groups in total. The first-order valence-corrected chi connectivity index (χ1v) is 8.22. The topological polar surface area (TPSA) is 52.6 Å². The monoisotopic (exact) mass is 282 g/mol. The second kappa shape index (κ2) is 6.90. The fourth-order valence-corrected chi connectivity index (χ4v) is 3.59. The first-order valence-electron chi connectivity index (χ1n) is 8.22. The number of hydrogen-bond acceptors (Lipinski definition) is 3. The smallest absolute Gasteiger partial charge is 0.222 e. The highest BCUT2D eigenvalue weighted by molar-refractivity contribution is 5.77. The van der Waals surface area contributed by atoms with Crippen molar-refractivity contribution in [3.8, 4) is 0 Å². The van der Waals surface area contributed by atoms with Crippen LogP contribution in [0.25, 0.3) is 0 Å². The van der Waals surface area contributed by atoms with Gasteiger partial charge in [0.1, 0.15) is 0 Å². The number of aliphatic hydroxyl groups is 1.